The van der Waals surface area contributed by atoms with Gasteiger partial charge < -0.3 is 10.1 Å². The molecule has 2 aromatic rings. The van der Waals surface area contributed by atoms with Gasteiger partial charge in [-0.25, -0.2) is 8.42 Å². The van der Waals surface area contributed by atoms with E-state index >= 15 is 0 Å². The lowest BCUT2D eigenvalue weighted by Gasteiger charge is -2.13. The fraction of sp³-hybridized carbons (Fsp3) is 0.294. The molecule has 5 nitrogen and oxygen atoms in total. The van der Waals surface area contributed by atoms with Gasteiger partial charge >= 0.3 is 0 Å². The maximum atomic E-state index is 12.2. The molecule has 1 fully saturated rings. The summed E-state index contributed by atoms with van der Waals surface area (Å²) in [7, 11) is -3.54. The Labute approximate surface area is 136 Å². The van der Waals surface area contributed by atoms with Crippen molar-refractivity contribution < 1.29 is 13.2 Å². The van der Waals surface area contributed by atoms with Crippen molar-refractivity contribution in [2.24, 2.45) is 0 Å². The Balaban J connectivity index is 1.61. The molecule has 0 saturated carbocycles. The molecule has 1 aliphatic heterocycles. The van der Waals surface area contributed by atoms with Crippen molar-refractivity contribution >= 4 is 21.4 Å². The van der Waals surface area contributed by atoms with E-state index in [1.54, 1.807) is 42.5 Å². The van der Waals surface area contributed by atoms with Crippen LogP contribution in [-0.4, -0.2) is 27.7 Å². The Morgan fingerprint density at radius 2 is 1.70 bits per heavy atom. The van der Waals surface area contributed by atoms with Crippen LogP contribution in [0.25, 0.3) is 0 Å². The summed E-state index contributed by atoms with van der Waals surface area (Å²) >= 11 is 0. The first kappa shape index (κ1) is 15.8. The summed E-state index contributed by atoms with van der Waals surface area (Å²) in [5.74, 6) is 0. The van der Waals surface area contributed by atoms with E-state index in [1.807, 2.05) is 12.1 Å². The Morgan fingerprint density at radius 3 is 2.35 bits per heavy atom. The highest BCUT2D eigenvalue weighted by molar-refractivity contribution is 7.92. The lowest BCUT2D eigenvalue weighted by Crippen LogP contribution is -2.18. The number of hydrogen-bond donors (Lipinski definition) is 2. The summed E-state index contributed by atoms with van der Waals surface area (Å²) in [6, 6.07) is 15.5. The Hall–Kier alpha value is -2.05. The number of ether oxygens (including phenoxy) is 1. The van der Waals surface area contributed by atoms with Gasteiger partial charge in [-0.05, 0) is 49.2 Å². The largest absolute Gasteiger partial charge is 0.382 e. The maximum absolute atomic E-state index is 12.2. The summed E-state index contributed by atoms with van der Waals surface area (Å²) < 4.78 is 32.6. The van der Waals surface area contributed by atoms with Gasteiger partial charge in [0.1, 0.15) is 0 Å². The second kappa shape index (κ2) is 7.02. The van der Waals surface area contributed by atoms with E-state index in [0.29, 0.717) is 5.69 Å². The smallest absolute Gasteiger partial charge is 0.261 e. The van der Waals surface area contributed by atoms with E-state index < -0.39 is 10.0 Å². The molecule has 1 unspecified atom stereocenters. The summed E-state index contributed by atoms with van der Waals surface area (Å²) in [6.45, 7) is 1.61. The summed E-state index contributed by atoms with van der Waals surface area (Å²) in [5, 5.41) is 3.31. The fourth-order valence-electron chi connectivity index (χ4n) is 2.51. The van der Waals surface area contributed by atoms with Crippen LogP contribution in [0.15, 0.2) is 59.5 Å². The molecule has 1 atom stereocenters. The molecule has 0 bridgehead atoms. The lowest BCUT2D eigenvalue weighted by atomic mass is 10.2. The molecule has 23 heavy (non-hydrogen) atoms. The Bertz CT molecular complexity index is 724. The van der Waals surface area contributed by atoms with Crippen LogP contribution in [-0.2, 0) is 14.8 Å². The summed E-state index contributed by atoms with van der Waals surface area (Å²) in [4.78, 5) is 0.251. The van der Waals surface area contributed by atoms with Crippen LogP contribution in [0.1, 0.15) is 12.8 Å². The highest BCUT2D eigenvalue weighted by Gasteiger charge is 2.15. The van der Waals surface area contributed by atoms with Crippen molar-refractivity contribution in [2.75, 3.05) is 23.2 Å². The van der Waals surface area contributed by atoms with Crippen molar-refractivity contribution in [3.63, 3.8) is 0 Å². The van der Waals surface area contributed by atoms with E-state index in [-0.39, 0.29) is 11.0 Å². The van der Waals surface area contributed by atoms with Gasteiger partial charge in [-0.1, -0.05) is 18.2 Å². The molecular weight excluding hydrogens is 312 g/mol. The molecule has 0 aliphatic carbocycles. The van der Waals surface area contributed by atoms with Gasteiger partial charge in [0.2, 0.25) is 0 Å². The highest BCUT2D eigenvalue weighted by atomic mass is 32.2. The van der Waals surface area contributed by atoms with Gasteiger partial charge in [0.05, 0.1) is 11.0 Å². The number of rotatable bonds is 6. The number of sulfonamides is 1. The molecule has 1 heterocycles. The van der Waals surface area contributed by atoms with Gasteiger partial charge in [-0.2, -0.15) is 0 Å². The molecule has 3 rings (SSSR count). The number of nitrogens with one attached hydrogen (secondary N) is 2. The Kier molecular flexibility index (Phi) is 4.83. The van der Waals surface area contributed by atoms with Gasteiger partial charge in [-0.15, -0.1) is 0 Å². The number of hydrogen-bond acceptors (Lipinski definition) is 4. The summed E-state index contributed by atoms with van der Waals surface area (Å²) in [5.41, 5.74) is 1.49. The highest BCUT2D eigenvalue weighted by Crippen LogP contribution is 2.19. The SMILES string of the molecule is O=S(=O)(Nc1ccc(NCC2CCCO2)cc1)c1ccccc1. The summed E-state index contributed by atoms with van der Waals surface area (Å²) in [6.07, 6.45) is 2.47. The van der Waals surface area contributed by atoms with Crippen LogP contribution in [0.5, 0.6) is 0 Å². The Morgan fingerprint density at radius 1 is 1.00 bits per heavy atom. The quantitative estimate of drug-likeness (QED) is 0.853. The molecule has 0 radical (unpaired) electrons. The number of anilines is 2. The normalized spacial score (nSPS) is 17.8. The minimum atomic E-state index is -3.54. The van der Waals surface area contributed by atoms with Gasteiger partial charge in [0.15, 0.2) is 0 Å². The molecule has 122 valence electrons. The molecule has 6 heteroatoms. The van der Waals surface area contributed by atoms with Gasteiger partial charge in [-0.3, -0.25) is 4.72 Å². The van der Waals surface area contributed by atoms with Crippen molar-refractivity contribution in [2.45, 2.75) is 23.8 Å². The van der Waals surface area contributed by atoms with Crippen molar-refractivity contribution in [3.8, 4) is 0 Å². The van der Waals surface area contributed by atoms with E-state index in [2.05, 4.69) is 10.0 Å². The average Bonchev–Trinajstić information content (AvgIpc) is 3.08. The molecule has 0 spiro atoms. The van der Waals surface area contributed by atoms with Gasteiger partial charge in [0, 0.05) is 24.5 Å². The van der Waals surface area contributed by atoms with Crippen molar-refractivity contribution in [3.05, 3.63) is 54.6 Å². The third-order valence-corrected chi connectivity index (χ3v) is 5.15. The topological polar surface area (TPSA) is 67.4 Å². The zero-order chi connectivity index (χ0) is 16.1. The number of benzene rings is 2. The molecule has 0 amide bonds. The predicted octanol–water partition coefficient (Wildman–Crippen LogP) is 3.08. The van der Waals surface area contributed by atoms with Crippen molar-refractivity contribution in [1.29, 1.82) is 0 Å². The zero-order valence-corrected chi connectivity index (χ0v) is 13.6. The maximum Gasteiger partial charge on any atom is 0.261 e. The molecule has 1 aliphatic rings. The van der Waals surface area contributed by atoms with E-state index in [1.165, 1.54) is 0 Å². The van der Waals surface area contributed by atoms with Crippen LogP contribution < -0.4 is 10.0 Å². The average molecular weight is 332 g/mol. The van der Waals surface area contributed by atoms with Crippen LogP contribution >= 0.6 is 0 Å². The molecule has 2 N–H and O–H groups in total. The fourth-order valence-corrected chi connectivity index (χ4v) is 3.59. The monoisotopic (exact) mass is 332 g/mol. The van der Waals surface area contributed by atoms with E-state index in [4.69, 9.17) is 4.74 Å². The standard InChI is InChI=1S/C17H20N2O3S/c20-23(21,17-6-2-1-3-7-17)19-15-10-8-14(9-11-15)18-13-16-5-4-12-22-16/h1-3,6-11,16,18-19H,4-5,12-13H2. The molecule has 2 aromatic carbocycles. The second-order valence-corrected chi connectivity index (χ2v) is 7.19. The van der Waals surface area contributed by atoms with Crippen LogP contribution in [0.2, 0.25) is 0 Å². The minimum Gasteiger partial charge on any atom is -0.382 e. The molecular formula is C17H20N2O3S. The molecule has 1 saturated heterocycles. The first-order valence-corrected chi connectivity index (χ1v) is 9.15. The van der Waals surface area contributed by atoms with Crippen LogP contribution in [0, 0.1) is 0 Å². The minimum absolute atomic E-state index is 0.251. The first-order chi connectivity index (χ1) is 11.1. The van der Waals surface area contributed by atoms with Gasteiger partial charge in [0.25, 0.3) is 10.0 Å². The van der Waals surface area contributed by atoms with Crippen LogP contribution in [0.3, 0.4) is 0 Å². The van der Waals surface area contributed by atoms with E-state index in [0.717, 1.165) is 31.7 Å². The third kappa shape index (κ3) is 4.24. The molecule has 0 aromatic heterocycles. The second-order valence-electron chi connectivity index (χ2n) is 5.51. The lowest BCUT2D eigenvalue weighted by molar-refractivity contribution is 0.120. The van der Waals surface area contributed by atoms with Crippen LogP contribution in [0.4, 0.5) is 11.4 Å². The first-order valence-electron chi connectivity index (χ1n) is 7.67. The zero-order valence-electron chi connectivity index (χ0n) is 12.7. The van der Waals surface area contributed by atoms with E-state index in [9.17, 15) is 8.42 Å². The predicted molar refractivity (Wildman–Crippen MR) is 91.2 cm³/mol. The third-order valence-electron chi connectivity index (χ3n) is 3.75. The van der Waals surface area contributed by atoms with Crippen molar-refractivity contribution in [1.82, 2.24) is 0 Å².